The van der Waals surface area contributed by atoms with Gasteiger partial charge in [-0.2, -0.15) is 5.26 Å². The SMILES string of the molecule is Cn1ccc(CC(=O)N2CCN(C(=O)c3cccc(C#N)c3)CC2)c1. The number of amides is 2. The number of carbonyl (C=O) groups excluding carboxylic acids is 2. The molecular formula is C19H20N4O2. The maximum atomic E-state index is 12.5. The van der Waals surface area contributed by atoms with Gasteiger partial charge in [0, 0.05) is 51.2 Å². The van der Waals surface area contributed by atoms with Gasteiger partial charge in [0.2, 0.25) is 5.91 Å². The second kappa shape index (κ2) is 7.22. The summed E-state index contributed by atoms with van der Waals surface area (Å²) in [6.07, 6.45) is 4.26. The topological polar surface area (TPSA) is 69.3 Å². The maximum absolute atomic E-state index is 12.5. The molecule has 2 aromatic rings. The smallest absolute Gasteiger partial charge is 0.254 e. The van der Waals surface area contributed by atoms with Crippen molar-refractivity contribution in [3.8, 4) is 6.07 Å². The van der Waals surface area contributed by atoms with Gasteiger partial charge in [-0.25, -0.2) is 0 Å². The Balaban J connectivity index is 1.56. The molecule has 0 unspecified atom stereocenters. The largest absolute Gasteiger partial charge is 0.357 e. The van der Waals surface area contributed by atoms with Crippen LogP contribution in [-0.4, -0.2) is 52.4 Å². The van der Waals surface area contributed by atoms with E-state index in [1.165, 1.54) is 0 Å². The summed E-state index contributed by atoms with van der Waals surface area (Å²) in [6.45, 7) is 2.09. The average molecular weight is 336 g/mol. The first-order valence-corrected chi connectivity index (χ1v) is 8.25. The van der Waals surface area contributed by atoms with E-state index in [4.69, 9.17) is 5.26 Å². The van der Waals surface area contributed by atoms with Crippen molar-refractivity contribution in [1.82, 2.24) is 14.4 Å². The van der Waals surface area contributed by atoms with Crippen LogP contribution in [0.2, 0.25) is 0 Å². The zero-order chi connectivity index (χ0) is 17.8. The molecule has 1 aromatic heterocycles. The fraction of sp³-hybridized carbons (Fsp3) is 0.316. The van der Waals surface area contributed by atoms with E-state index in [0.29, 0.717) is 43.7 Å². The van der Waals surface area contributed by atoms with Gasteiger partial charge in [-0.1, -0.05) is 6.07 Å². The summed E-state index contributed by atoms with van der Waals surface area (Å²) in [4.78, 5) is 28.5. The van der Waals surface area contributed by atoms with Crippen molar-refractivity contribution >= 4 is 11.8 Å². The van der Waals surface area contributed by atoms with Crippen molar-refractivity contribution in [1.29, 1.82) is 5.26 Å². The number of benzene rings is 1. The molecule has 6 heteroatoms. The molecule has 1 saturated heterocycles. The summed E-state index contributed by atoms with van der Waals surface area (Å²) in [5, 5.41) is 8.95. The van der Waals surface area contributed by atoms with Crippen LogP contribution in [0.5, 0.6) is 0 Å². The molecule has 0 aliphatic carbocycles. The van der Waals surface area contributed by atoms with E-state index in [9.17, 15) is 9.59 Å². The Kier molecular flexibility index (Phi) is 4.85. The van der Waals surface area contributed by atoms with Crippen LogP contribution in [-0.2, 0) is 18.3 Å². The zero-order valence-electron chi connectivity index (χ0n) is 14.2. The average Bonchev–Trinajstić information content (AvgIpc) is 3.06. The number of hydrogen-bond donors (Lipinski definition) is 0. The highest BCUT2D eigenvalue weighted by molar-refractivity contribution is 5.94. The minimum atomic E-state index is -0.0905. The molecule has 128 valence electrons. The first kappa shape index (κ1) is 16.8. The molecule has 0 bridgehead atoms. The number of hydrogen-bond acceptors (Lipinski definition) is 3. The zero-order valence-corrected chi connectivity index (χ0v) is 14.2. The summed E-state index contributed by atoms with van der Waals surface area (Å²) in [5.41, 5.74) is 1.99. The summed E-state index contributed by atoms with van der Waals surface area (Å²) < 4.78 is 1.93. The van der Waals surface area contributed by atoms with Crippen LogP contribution in [0.4, 0.5) is 0 Å². The fourth-order valence-corrected chi connectivity index (χ4v) is 3.02. The fourth-order valence-electron chi connectivity index (χ4n) is 3.02. The molecule has 1 aliphatic heterocycles. The van der Waals surface area contributed by atoms with Crippen molar-refractivity contribution in [3.63, 3.8) is 0 Å². The predicted molar refractivity (Wildman–Crippen MR) is 92.8 cm³/mol. The summed E-state index contributed by atoms with van der Waals surface area (Å²) in [5.74, 6) is -0.00275. The lowest BCUT2D eigenvalue weighted by Gasteiger charge is -2.35. The number of nitrogens with zero attached hydrogens (tertiary/aromatic N) is 4. The number of rotatable bonds is 3. The molecule has 2 heterocycles. The van der Waals surface area contributed by atoms with Crippen molar-refractivity contribution < 1.29 is 9.59 Å². The van der Waals surface area contributed by atoms with Crippen LogP contribution < -0.4 is 0 Å². The molecule has 0 N–H and O–H groups in total. The molecule has 0 saturated carbocycles. The lowest BCUT2D eigenvalue weighted by Crippen LogP contribution is -2.51. The highest BCUT2D eigenvalue weighted by atomic mass is 16.2. The molecule has 1 fully saturated rings. The molecule has 3 rings (SSSR count). The molecule has 6 nitrogen and oxygen atoms in total. The van der Waals surface area contributed by atoms with E-state index < -0.39 is 0 Å². The minimum Gasteiger partial charge on any atom is -0.357 e. The van der Waals surface area contributed by atoms with Crippen LogP contribution >= 0.6 is 0 Å². The first-order chi connectivity index (χ1) is 12.1. The third-order valence-corrected chi connectivity index (χ3v) is 4.41. The quantitative estimate of drug-likeness (QED) is 0.851. The molecule has 0 radical (unpaired) electrons. The number of aryl methyl sites for hydroxylation is 1. The number of carbonyl (C=O) groups is 2. The van der Waals surface area contributed by atoms with Crippen molar-refractivity contribution in [2.45, 2.75) is 6.42 Å². The molecule has 1 aromatic carbocycles. The van der Waals surface area contributed by atoms with Crippen LogP contribution in [0.25, 0.3) is 0 Å². The molecule has 25 heavy (non-hydrogen) atoms. The number of aromatic nitrogens is 1. The van der Waals surface area contributed by atoms with Crippen molar-refractivity contribution in [2.24, 2.45) is 7.05 Å². The Labute approximate surface area is 146 Å². The first-order valence-electron chi connectivity index (χ1n) is 8.25. The van der Waals surface area contributed by atoms with Gasteiger partial charge in [0.1, 0.15) is 0 Å². The highest BCUT2D eigenvalue weighted by Gasteiger charge is 2.25. The van der Waals surface area contributed by atoms with Gasteiger partial charge in [-0.3, -0.25) is 9.59 Å². The molecule has 1 aliphatic rings. The molecule has 0 atom stereocenters. The van der Waals surface area contributed by atoms with Gasteiger partial charge in [0.25, 0.3) is 5.91 Å². The van der Waals surface area contributed by atoms with Gasteiger partial charge in [0.05, 0.1) is 18.1 Å². The lowest BCUT2D eigenvalue weighted by atomic mass is 10.1. The van der Waals surface area contributed by atoms with E-state index in [-0.39, 0.29) is 11.8 Å². The maximum Gasteiger partial charge on any atom is 0.254 e. The second-order valence-electron chi connectivity index (χ2n) is 6.23. The number of nitriles is 1. The minimum absolute atomic E-state index is 0.0878. The summed E-state index contributed by atoms with van der Waals surface area (Å²) in [6, 6.07) is 10.7. The molecule has 0 spiro atoms. The summed E-state index contributed by atoms with van der Waals surface area (Å²) >= 11 is 0. The Bertz CT molecular complexity index is 826. The van der Waals surface area contributed by atoms with Crippen LogP contribution in [0.15, 0.2) is 42.7 Å². The lowest BCUT2D eigenvalue weighted by molar-refractivity contribution is -0.131. The Morgan fingerprint density at radius 3 is 2.48 bits per heavy atom. The van der Waals surface area contributed by atoms with Gasteiger partial charge in [-0.15, -0.1) is 0 Å². The standard InChI is InChI=1S/C19H20N4O2/c1-21-6-5-16(14-21)12-18(24)22-7-9-23(10-8-22)19(25)17-4-2-3-15(11-17)13-20/h2-6,11,14H,7-10,12H2,1H3. The van der Waals surface area contributed by atoms with Crippen molar-refractivity contribution in [2.75, 3.05) is 26.2 Å². The van der Waals surface area contributed by atoms with Crippen LogP contribution in [0, 0.1) is 11.3 Å². The monoisotopic (exact) mass is 336 g/mol. The molecular weight excluding hydrogens is 316 g/mol. The second-order valence-corrected chi connectivity index (χ2v) is 6.23. The van der Waals surface area contributed by atoms with E-state index >= 15 is 0 Å². The van der Waals surface area contributed by atoms with Crippen LogP contribution in [0.1, 0.15) is 21.5 Å². The van der Waals surface area contributed by atoms with E-state index in [1.807, 2.05) is 41.0 Å². The number of piperazine rings is 1. The summed E-state index contributed by atoms with van der Waals surface area (Å²) in [7, 11) is 1.93. The normalized spacial score (nSPS) is 14.2. The highest BCUT2D eigenvalue weighted by Crippen LogP contribution is 2.12. The molecule has 2 amide bonds. The Morgan fingerprint density at radius 2 is 1.84 bits per heavy atom. The van der Waals surface area contributed by atoms with Gasteiger partial charge < -0.3 is 14.4 Å². The predicted octanol–water partition coefficient (Wildman–Crippen LogP) is 1.42. The van der Waals surface area contributed by atoms with Gasteiger partial charge >= 0.3 is 0 Å². The third kappa shape index (κ3) is 3.89. The van der Waals surface area contributed by atoms with Crippen molar-refractivity contribution in [3.05, 3.63) is 59.4 Å². The van der Waals surface area contributed by atoms with E-state index in [0.717, 1.165) is 5.56 Å². The van der Waals surface area contributed by atoms with Gasteiger partial charge in [-0.05, 0) is 29.8 Å². The Hall–Kier alpha value is -3.07. The Morgan fingerprint density at radius 1 is 1.12 bits per heavy atom. The van der Waals surface area contributed by atoms with E-state index in [2.05, 4.69) is 0 Å². The van der Waals surface area contributed by atoms with Crippen LogP contribution in [0.3, 0.4) is 0 Å². The third-order valence-electron chi connectivity index (χ3n) is 4.41. The van der Waals surface area contributed by atoms with E-state index in [1.54, 1.807) is 29.2 Å². The van der Waals surface area contributed by atoms with Gasteiger partial charge in [0.15, 0.2) is 0 Å².